The van der Waals surface area contributed by atoms with Gasteiger partial charge in [0, 0.05) is 18.5 Å². The summed E-state index contributed by atoms with van der Waals surface area (Å²) in [5.74, 6) is -0.152. The molecule has 0 aliphatic heterocycles. The molecule has 6 nitrogen and oxygen atoms in total. The van der Waals surface area contributed by atoms with Gasteiger partial charge in [0.25, 0.3) is 5.56 Å². The van der Waals surface area contributed by atoms with Gasteiger partial charge in [-0.15, -0.1) is 0 Å². The number of aryl methyl sites for hydroxylation is 2. The van der Waals surface area contributed by atoms with Crippen molar-refractivity contribution < 1.29 is 4.79 Å². The summed E-state index contributed by atoms with van der Waals surface area (Å²) in [6.45, 7) is 1.01. The fraction of sp³-hybridized carbons (Fsp3) is 0.148. The van der Waals surface area contributed by atoms with E-state index in [4.69, 9.17) is 0 Å². The number of para-hydroxylation sites is 1. The predicted octanol–water partition coefficient (Wildman–Crippen LogP) is 3.91. The van der Waals surface area contributed by atoms with Gasteiger partial charge in [0.2, 0.25) is 5.91 Å². The summed E-state index contributed by atoms with van der Waals surface area (Å²) in [5, 5.41) is 3.83. The minimum absolute atomic E-state index is 0.0520. The van der Waals surface area contributed by atoms with E-state index in [0.717, 1.165) is 28.5 Å². The number of carbonyl (C=O) groups excluding carboxylic acids is 1. The number of nitrogens with one attached hydrogen (secondary N) is 1. The number of hydrogen-bond donors (Lipinski definition) is 1. The van der Waals surface area contributed by atoms with Crippen molar-refractivity contribution in [2.75, 3.05) is 0 Å². The van der Waals surface area contributed by atoms with Crippen molar-refractivity contribution in [3.63, 3.8) is 0 Å². The molecule has 5 rings (SSSR count). The van der Waals surface area contributed by atoms with Crippen molar-refractivity contribution in [1.82, 2.24) is 19.4 Å². The second-order valence-corrected chi connectivity index (χ2v) is 8.04. The van der Waals surface area contributed by atoms with Gasteiger partial charge in [-0.2, -0.15) is 0 Å². The van der Waals surface area contributed by atoms with Crippen LogP contribution in [-0.4, -0.2) is 20.0 Å². The molecule has 3 aromatic carbocycles. The van der Waals surface area contributed by atoms with Crippen molar-refractivity contribution in [1.29, 1.82) is 0 Å². The van der Waals surface area contributed by atoms with E-state index < -0.39 is 0 Å². The number of aromatic nitrogens is 3. The number of amides is 1. The van der Waals surface area contributed by atoms with Crippen molar-refractivity contribution in [2.45, 2.75) is 26.1 Å². The van der Waals surface area contributed by atoms with Gasteiger partial charge in [0.1, 0.15) is 17.6 Å². The zero-order valence-corrected chi connectivity index (χ0v) is 18.1. The fourth-order valence-corrected chi connectivity index (χ4v) is 4.16. The van der Waals surface area contributed by atoms with E-state index in [1.54, 1.807) is 15.5 Å². The molecule has 0 aliphatic rings. The molecule has 0 saturated heterocycles. The Hall–Kier alpha value is -4.19. The monoisotopic (exact) mass is 436 g/mol. The number of fused-ring (bicyclic) bond motifs is 3. The van der Waals surface area contributed by atoms with Gasteiger partial charge in [-0.25, -0.2) is 4.98 Å². The Morgan fingerprint density at radius 2 is 1.52 bits per heavy atom. The molecule has 164 valence electrons. The quantitative estimate of drug-likeness (QED) is 0.421. The van der Waals surface area contributed by atoms with Gasteiger partial charge in [-0.05, 0) is 23.6 Å². The van der Waals surface area contributed by atoms with Gasteiger partial charge >= 0.3 is 0 Å². The predicted molar refractivity (Wildman–Crippen MR) is 130 cm³/mol. The van der Waals surface area contributed by atoms with Gasteiger partial charge in [0.05, 0.1) is 11.8 Å². The number of hydrogen-bond acceptors (Lipinski definition) is 3. The highest BCUT2D eigenvalue weighted by Gasteiger charge is 2.18. The summed E-state index contributed by atoms with van der Waals surface area (Å²) in [6, 6.07) is 27.5. The van der Waals surface area contributed by atoms with Crippen LogP contribution >= 0.6 is 0 Å². The van der Waals surface area contributed by atoms with Gasteiger partial charge in [0.15, 0.2) is 0 Å². The highest BCUT2D eigenvalue weighted by molar-refractivity contribution is 6.06. The van der Waals surface area contributed by atoms with Gasteiger partial charge < -0.3 is 9.88 Å². The minimum Gasteiger partial charge on any atom is -0.350 e. The lowest BCUT2D eigenvalue weighted by Crippen LogP contribution is -2.29. The van der Waals surface area contributed by atoms with E-state index in [1.807, 2.05) is 84.9 Å². The third kappa shape index (κ3) is 4.28. The Morgan fingerprint density at radius 1 is 0.848 bits per heavy atom. The summed E-state index contributed by atoms with van der Waals surface area (Å²) in [4.78, 5) is 30.9. The Kier molecular flexibility index (Phi) is 5.72. The van der Waals surface area contributed by atoms with Gasteiger partial charge in [-0.3, -0.25) is 14.2 Å². The molecule has 0 radical (unpaired) electrons. The highest BCUT2D eigenvalue weighted by atomic mass is 16.2. The molecule has 33 heavy (non-hydrogen) atoms. The van der Waals surface area contributed by atoms with E-state index >= 15 is 0 Å². The average molecular weight is 437 g/mol. The molecular weight excluding hydrogens is 412 g/mol. The van der Waals surface area contributed by atoms with E-state index in [9.17, 15) is 9.59 Å². The summed E-state index contributed by atoms with van der Waals surface area (Å²) in [6.07, 6.45) is 2.34. The van der Waals surface area contributed by atoms with Crippen molar-refractivity contribution in [3.8, 4) is 0 Å². The maximum atomic E-state index is 13.5. The molecule has 6 heteroatoms. The van der Waals surface area contributed by atoms with E-state index in [1.165, 1.54) is 0 Å². The molecule has 0 atom stereocenters. The van der Waals surface area contributed by atoms with Crippen LogP contribution in [0.5, 0.6) is 0 Å². The Bertz CT molecular complexity index is 1470. The second-order valence-electron chi connectivity index (χ2n) is 8.04. The lowest BCUT2D eigenvalue weighted by Gasteiger charge is -2.10. The Labute approximate surface area is 191 Å². The van der Waals surface area contributed by atoms with Crippen LogP contribution in [0.4, 0.5) is 0 Å². The molecule has 1 N–H and O–H groups in total. The lowest BCUT2D eigenvalue weighted by molar-refractivity contribution is -0.121. The van der Waals surface area contributed by atoms with E-state index in [0.29, 0.717) is 24.1 Å². The topological polar surface area (TPSA) is 68.9 Å². The van der Waals surface area contributed by atoms with Crippen LogP contribution in [0.25, 0.3) is 21.9 Å². The molecule has 5 aromatic rings. The molecule has 0 aliphatic carbocycles. The molecular formula is C27H24N4O2. The zero-order valence-electron chi connectivity index (χ0n) is 18.1. The lowest BCUT2D eigenvalue weighted by atomic mass is 10.1. The number of benzene rings is 3. The van der Waals surface area contributed by atoms with Crippen LogP contribution in [0.15, 0.2) is 96.1 Å². The SMILES string of the molecule is O=C(Cn1c2ccccc2c2ncn(CCc3ccccc3)c(=O)c21)NCc1ccccc1. The van der Waals surface area contributed by atoms with Crippen LogP contribution in [-0.2, 0) is 30.8 Å². The molecule has 1 amide bonds. The third-order valence-corrected chi connectivity index (χ3v) is 5.85. The first-order valence-corrected chi connectivity index (χ1v) is 11.0. The molecule has 2 heterocycles. The van der Waals surface area contributed by atoms with Crippen molar-refractivity contribution >= 4 is 27.8 Å². The first-order valence-electron chi connectivity index (χ1n) is 11.0. The fourth-order valence-electron chi connectivity index (χ4n) is 4.16. The molecule has 0 fully saturated rings. The summed E-state index contributed by atoms with van der Waals surface area (Å²) >= 11 is 0. The van der Waals surface area contributed by atoms with Crippen LogP contribution in [0, 0.1) is 0 Å². The minimum atomic E-state index is -0.152. The first-order chi connectivity index (χ1) is 16.2. The maximum Gasteiger partial charge on any atom is 0.277 e. The Balaban J connectivity index is 1.47. The highest BCUT2D eigenvalue weighted by Crippen LogP contribution is 2.25. The number of rotatable bonds is 7. The summed E-state index contributed by atoms with van der Waals surface area (Å²) < 4.78 is 3.42. The Morgan fingerprint density at radius 3 is 2.27 bits per heavy atom. The molecule has 2 aromatic heterocycles. The third-order valence-electron chi connectivity index (χ3n) is 5.85. The van der Waals surface area contributed by atoms with Crippen LogP contribution in [0.3, 0.4) is 0 Å². The molecule has 0 saturated carbocycles. The van der Waals surface area contributed by atoms with Crippen LogP contribution in [0.2, 0.25) is 0 Å². The van der Waals surface area contributed by atoms with Crippen LogP contribution < -0.4 is 10.9 Å². The van der Waals surface area contributed by atoms with Crippen molar-refractivity contribution in [2.24, 2.45) is 0 Å². The molecule has 0 bridgehead atoms. The van der Waals surface area contributed by atoms with Crippen LogP contribution in [0.1, 0.15) is 11.1 Å². The second kappa shape index (κ2) is 9.12. The smallest absolute Gasteiger partial charge is 0.277 e. The molecule has 0 spiro atoms. The largest absolute Gasteiger partial charge is 0.350 e. The molecule has 0 unspecified atom stereocenters. The van der Waals surface area contributed by atoms with Crippen molar-refractivity contribution in [3.05, 3.63) is 113 Å². The maximum absolute atomic E-state index is 13.5. The van der Waals surface area contributed by atoms with Gasteiger partial charge in [-0.1, -0.05) is 78.9 Å². The standard InChI is InChI=1S/C27H24N4O2/c32-24(28-17-21-11-5-2-6-12-21)18-31-23-14-8-7-13-22(23)25-26(31)27(33)30(19-29-25)16-15-20-9-3-1-4-10-20/h1-14,19H,15-18H2,(H,28,32). The zero-order chi connectivity index (χ0) is 22.6. The normalized spacial score (nSPS) is 11.2. The first kappa shape index (κ1) is 20.7. The summed E-state index contributed by atoms with van der Waals surface area (Å²) in [5.41, 5.74) is 3.96. The summed E-state index contributed by atoms with van der Waals surface area (Å²) in [7, 11) is 0. The number of nitrogens with zero attached hydrogens (tertiary/aromatic N) is 3. The average Bonchev–Trinajstić information content (AvgIpc) is 3.18. The van der Waals surface area contributed by atoms with E-state index in [2.05, 4.69) is 10.3 Å². The number of carbonyl (C=O) groups is 1. The van der Waals surface area contributed by atoms with E-state index in [-0.39, 0.29) is 18.0 Å².